The predicted octanol–water partition coefficient (Wildman–Crippen LogP) is 5.08. The zero-order valence-electron chi connectivity index (χ0n) is 10.8. The van der Waals surface area contributed by atoms with Crippen molar-refractivity contribution in [2.75, 3.05) is 0 Å². The molecule has 0 aromatic heterocycles. The van der Waals surface area contributed by atoms with E-state index < -0.39 is 0 Å². The Bertz CT molecular complexity index is 644. The maximum absolute atomic E-state index is 11.0. The monoisotopic (exact) mass is 309 g/mol. The highest BCUT2D eigenvalue weighted by Gasteiger charge is 2.18. The maximum Gasteiger partial charge on any atom is 0.272 e. The Labute approximate surface area is 127 Å². The van der Waals surface area contributed by atoms with Crippen molar-refractivity contribution in [3.05, 3.63) is 74.3 Å². The van der Waals surface area contributed by atoms with Gasteiger partial charge >= 0.3 is 0 Å². The second kappa shape index (κ2) is 6.25. The van der Waals surface area contributed by atoms with Crippen molar-refractivity contribution in [1.82, 2.24) is 0 Å². The molecule has 0 saturated carbocycles. The Morgan fingerprint density at radius 2 is 1.95 bits per heavy atom. The number of rotatable bonds is 4. The van der Waals surface area contributed by atoms with Gasteiger partial charge in [0.2, 0.25) is 0 Å². The van der Waals surface area contributed by atoms with Gasteiger partial charge in [-0.1, -0.05) is 35.9 Å². The van der Waals surface area contributed by atoms with Crippen molar-refractivity contribution < 1.29 is 4.92 Å². The van der Waals surface area contributed by atoms with Gasteiger partial charge in [-0.2, -0.15) is 0 Å². The highest BCUT2D eigenvalue weighted by atomic mass is 35.5. The topological polar surface area (TPSA) is 43.1 Å². The number of hydrogen-bond donors (Lipinski definition) is 0. The Kier molecular flexibility index (Phi) is 4.63. The third kappa shape index (κ3) is 3.30. The molecule has 2 aromatic rings. The summed E-state index contributed by atoms with van der Waals surface area (Å²) in [6, 6.07) is 12.1. The molecule has 0 heterocycles. The van der Waals surface area contributed by atoms with Crippen LogP contribution >= 0.6 is 23.2 Å². The number of nitro benzene ring substituents is 1. The lowest BCUT2D eigenvalue weighted by atomic mass is 9.99. The molecule has 1 unspecified atom stereocenters. The number of aryl methyl sites for hydroxylation is 1. The molecular formula is C15H13Cl2NO2. The highest BCUT2D eigenvalue weighted by Crippen LogP contribution is 2.32. The number of benzene rings is 2. The van der Waals surface area contributed by atoms with Crippen LogP contribution in [0.5, 0.6) is 0 Å². The summed E-state index contributed by atoms with van der Waals surface area (Å²) in [4.78, 5) is 10.6. The summed E-state index contributed by atoms with van der Waals surface area (Å²) in [7, 11) is 0. The predicted molar refractivity (Wildman–Crippen MR) is 81.6 cm³/mol. The third-order valence-electron chi connectivity index (χ3n) is 3.17. The number of alkyl halides is 1. The van der Waals surface area contributed by atoms with Crippen molar-refractivity contribution in [2.24, 2.45) is 0 Å². The molecule has 0 N–H and O–H groups in total. The van der Waals surface area contributed by atoms with Gasteiger partial charge < -0.3 is 0 Å². The molecule has 3 nitrogen and oxygen atoms in total. The standard InChI is InChI=1S/C15H13Cl2NO2/c1-10-6-7-12(16)9-13(10)14(17)8-11-4-2-3-5-15(11)18(19)20/h2-7,9,14H,8H2,1H3. The van der Waals surface area contributed by atoms with E-state index in [-0.39, 0.29) is 16.0 Å². The van der Waals surface area contributed by atoms with E-state index in [0.717, 1.165) is 11.1 Å². The molecule has 0 amide bonds. The minimum Gasteiger partial charge on any atom is -0.258 e. The smallest absolute Gasteiger partial charge is 0.258 e. The zero-order valence-corrected chi connectivity index (χ0v) is 12.4. The van der Waals surface area contributed by atoms with Crippen LogP contribution in [0.25, 0.3) is 0 Å². The SMILES string of the molecule is Cc1ccc(Cl)cc1C(Cl)Cc1ccccc1[N+](=O)[O-]. The Balaban J connectivity index is 2.30. The lowest BCUT2D eigenvalue weighted by Gasteiger charge is -2.13. The van der Waals surface area contributed by atoms with Gasteiger partial charge in [-0.3, -0.25) is 10.1 Å². The summed E-state index contributed by atoms with van der Waals surface area (Å²) in [6.45, 7) is 1.94. The van der Waals surface area contributed by atoms with Gasteiger partial charge in [-0.15, -0.1) is 11.6 Å². The van der Waals surface area contributed by atoms with E-state index in [4.69, 9.17) is 23.2 Å². The first-order chi connectivity index (χ1) is 9.49. The molecule has 2 rings (SSSR count). The fourth-order valence-electron chi connectivity index (χ4n) is 2.11. The first kappa shape index (κ1) is 14.8. The second-order valence-electron chi connectivity index (χ2n) is 4.56. The van der Waals surface area contributed by atoms with Crippen molar-refractivity contribution in [2.45, 2.75) is 18.7 Å². The van der Waals surface area contributed by atoms with Crippen molar-refractivity contribution >= 4 is 28.9 Å². The van der Waals surface area contributed by atoms with E-state index in [2.05, 4.69) is 0 Å². The first-order valence-electron chi connectivity index (χ1n) is 6.11. The van der Waals surface area contributed by atoms with Crippen LogP contribution < -0.4 is 0 Å². The quantitative estimate of drug-likeness (QED) is 0.449. The Morgan fingerprint density at radius 3 is 2.65 bits per heavy atom. The number of halogens is 2. The number of nitro groups is 1. The molecule has 0 bridgehead atoms. The molecule has 2 aromatic carbocycles. The number of hydrogen-bond acceptors (Lipinski definition) is 2. The van der Waals surface area contributed by atoms with Crippen LogP contribution in [0.15, 0.2) is 42.5 Å². The first-order valence-corrected chi connectivity index (χ1v) is 6.93. The normalized spacial score (nSPS) is 12.2. The lowest BCUT2D eigenvalue weighted by molar-refractivity contribution is -0.385. The molecular weight excluding hydrogens is 297 g/mol. The second-order valence-corrected chi connectivity index (χ2v) is 5.52. The van der Waals surface area contributed by atoms with Gasteiger partial charge in [0.1, 0.15) is 0 Å². The lowest BCUT2D eigenvalue weighted by Crippen LogP contribution is -2.01. The molecule has 5 heteroatoms. The largest absolute Gasteiger partial charge is 0.272 e. The minimum atomic E-state index is -0.385. The van der Waals surface area contributed by atoms with Crippen molar-refractivity contribution in [3.63, 3.8) is 0 Å². The molecule has 0 saturated heterocycles. The third-order valence-corrected chi connectivity index (χ3v) is 3.79. The summed E-state index contributed by atoms with van der Waals surface area (Å²) < 4.78 is 0. The van der Waals surface area contributed by atoms with Crippen LogP contribution in [0.2, 0.25) is 5.02 Å². The molecule has 0 radical (unpaired) electrons. The van der Waals surface area contributed by atoms with Gasteiger partial charge in [-0.25, -0.2) is 0 Å². The van der Waals surface area contributed by atoms with Crippen LogP contribution in [-0.4, -0.2) is 4.92 Å². The summed E-state index contributed by atoms with van der Waals surface area (Å²) in [5, 5.41) is 11.3. The molecule has 0 aliphatic carbocycles. The molecule has 0 fully saturated rings. The summed E-state index contributed by atoms with van der Waals surface area (Å²) in [6.07, 6.45) is 0.389. The molecule has 0 aliphatic heterocycles. The van der Waals surface area contributed by atoms with Crippen LogP contribution in [0.1, 0.15) is 22.1 Å². The van der Waals surface area contributed by atoms with Crippen LogP contribution in [0.3, 0.4) is 0 Å². The van der Waals surface area contributed by atoms with E-state index in [0.29, 0.717) is 17.0 Å². The number of nitrogens with zero attached hydrogens (tertiary/aromatic N) is 1. The van der Waals surface area contributed by atoms with E-state index >= 15 is 0 Å². The Hall–Kier alpha value is -1.58. The van der Waals surface area contributed by atoms with E-state index in [1.54, 1.807) is 24.3 Å². The van der Waals surface area contributed by atoms with Crippen LogP contribution in [0.4, 0.5) is 5.69 Å². The summed E-state index contributed by atoms with van der Waals surface area (Å²) >= 11 is 12.4. The van der Waals surface area contributed by atoms with Gasteiger partial charge in [-0.05, 0) is 36.6 Å². The Morgan fingerprint density at radius 1 is 1.25 bits per heavy atom. The van der Waals surface area contributed by atoms with Crippen molar-refractivity contribution in [3.8, 4) is 0 Å². The average molecular weight is 310 g/mol. The van der Waals surface area contributed by atoms with Gasteiger partial charge in [0.05, 0.1) is 10.3 Å². The fourth-order valence-corrected chi connectivity index (χ4v) is 2.70. The molecule has 0 spiro atoms. The maximum atomic E-state index is 11.0. The molecule has 1 atom stereocenters. The van der Waals surface area contributed by atoms with Gasteiger partial charge in [0, 0.05) is 16.7 Å². The zero-order chi connectivity index (χ0) is 14.7. The van der Waals surface area contributed by atoms with E-state index in [9.17, 15) is 10.1 Å². The molecule has 104 valence electrons. The summed E-state index contributed by atoms with van der Waals surface area (Å²) in [5.74, 6) is 0. The van der Waals surface area contributed by atoms with Gasteiger partial charge in [0.25, 0.3) is 5.69 Å². The molecule has 20 heavy (non-hydrogen) atoms. The number of para-hydroxylation sites is 1. The highest BCUT2D eigenvalue weighted by molar-refractivity contribution is 6.30. The van der Waals surface area contributed by atoms with E-state index in [1.165, 1.54) is 6.07 Å². The summed E-state index contributed by atoms with van der Waals surface area (Å²) in [5.41, 5.74) is 2.64. The van der Waals surface area contributed by atoms with Crippen molar-refractivity contribution in [1.29, 1.82) is 0 Å². The van der Waals surface area contributed by atoms with Crippen LogP contribution in [0, 0.1) is 17.0 Å². The van der Waals surface area contributed by atoms with E-state index in [1.807, 2.05) is 19.1 Å². The van der Waals surface area contributed by atoms with Crippen LogP contribution in [-0.2, 0) is 6.42 Å². The minimum absolute atomic E-state index is 0.0952. The fraction of sp³-hybridized carbons (Fsp3) is 0.200. The average Bonchev–Trinajstić information content (AvgIpc) is 2.41. The molecule has 0 aliphatic rings. The van der Waals surface area contributed by atoms with Gasteiger partial charge in [0.15, 0.2) is 0 Å².